The summed E-state index contributed by atoms with van der Waals surface area (Å²) in [5.74, 6) is 0. The lowest BCUT2D eigenvalue weighted by Crippen LogP contribution is -2.20. The quantitative estimate of drug-likeness (QED) is 0.645. The zero-order valence-electron chi connectivity index (χ0n) is 8.06. The van der Waals surface area contributed by atoms with Crippen molar-refractivity contribution in [3.63, 3.8) is 0 Å². The van der Waals surface area contributed by atoms with Crippen LogP contribution >= 0.6 is 0 Å². The zero-order chi connectivity index (χ0) is 9.26. The van der Waals surface area contributed by atoms with E-state index in [1.165, 1.54) is 0 Å². The van der Waals surface area contributed by atoms with Gasteiger partial charge in [0.2, 0.25) is 0 Å². The molecular formula is C9H16O4. The molecule has 0 saturated carbocycles. The van der Waals surface area contributed by atoms with E-state index in [4.69, 9.17) is 18.9 Å². The van der Waals surface area contributed by atoms with E-state index in [1.807, 2.05) is 13.8 Å². The summed E-state index contributed by atoms with van der Waals surface area (Å²) >= 11 is 0. The minimum Gasteiger partial charge on any atom is -0.350 e. The molecule has 4 nitrogen and oxygen atoms in total. The number of rotatable bonds is 2. The highest BCUT2D eigenvalue weighted by molar-refractivity contribution is 4.66. The van der Waals surface area contributed by atoms with Crippen LogP contribution in [0.2, 0.25) is 0 Å². The third-order valence-corrected chi connectivity index (χ3v) is 2.19. The van der Waals surface area contributed by atoms with Gasteiger partial charge in [-0.05, 0) is 13.8 Å². The molecule has 0 aliphatic carbocycles. The van der Waals surface area contributed by atoms with Crippen LogP contribution in [0.25, 0.3) is 0 Å². The fourth-order valence-corrected chi connectivity index (χ4v) is 1.57. The Morgan fingerprint density at radius 1 is 0.923 bits per heavy atom. The van der Waals surface area contributed by atoms with E-state index in [1.54, 1.807) is 0 Å². The summed E-state index contributed by atoms with van der Waals surface area (Å²) in [7, 11) is 0. The molecule has 0 aromatic rings. The van der Waals surface area contributed by atoms with Crippen LogP contribution in [0.3, 0.4) is 0 Å². The standard InChI is InChI=1S/C9H16O4/c1-6-4-10-8(12-6)3-9-11-5-7(2)13-9/h6-9H,3-5H2,1-2H3. The van der Waals surface area contributed by atoms with E-state index in [0.717, 1.165) is 0 Å². The highest BCUT2D eigenvalue weighted by atomic mass is 16.7. The van der Waals surface area contributed by atoms with Gasteiger partial charge in [-0.3, -0.25) is 0 Å². The summed E-state index contributed by atoms with van der Waals surface area (Å²) in [6.45, 7) is 5.35. The third kappa shape index (κ3) is 2.40. The molecule has 2 heterocycles. The lowest BCUT2D eigenvalue weighted by atomic mass is 10.4. The average Bonchev–Trinajstić information content (AvgIpc) is 2.62. The Labute approximate surface area is 78.1 Å². The van der Waals surface area contributed by atoms with Crippen molar-refractivity contribution in [1.82, 2.24) is 0 Å². The number of ether oxygens (including phenoxy) is 4. The first-order chi connectivity index (χ1) is 6.24. The van der Waals surface area contributed by atoms with Crippen molar-refractivity contribution in [2.45, 2.75) is 45.1 Å². The SMILES string of the molecule is CC1COC(CC2OCC(C)O2)O1. The molecule has 0 aromatic carbocycles. The molecular weight excluding hydrogens is 172 g/mol. The van der Waals surface area contributed by atoms with Crippen LogP contribution < -0.4 is 0 Å². The van der Waals surface area contributed by atoms with E-state index in [9.17, 15) is 0 Å². The van der Waals surface area contributed by atoms with Gasteiger partial charge in [-0.2, -0.15) is 0 Å². The van der Waals surface area contributed by atoms with E-state index >= 15 is 0 Å². The first-order valence-corrected chi connectivity index (χ1v) is 4.78. The third-order valence-electron chi connectivity index (χ3n) is 2.19. The lowest BCUT2D eigenvalue weighted by molar-refractivity contribution is -0.136. The topological polar surface area (TPSA) is 36.9 Å². The lowest BCUT2D eigenvalue weighted by Gasteiger charge is -2.14. The van der Waals surface area contributed by atoms with Gasteiger partial charge < -0.3 is 18.9 Å². The summed E-state index contributed by atoms with van der Waals surface area (Å²) in [6.07, 6.45) is 0.776. The van der Waals surface area contributed by atoms with Crippen molar-refractivity contribution in [1.29, 1.82) is 0 Å². The molecule has 4 atom stereocenters. The molecule has 0 amide bonds. The second-order valence-corrected chi connectivity index (χ2v) is 3.65. The predicted octanol–water partition coefficient (Wildman–Crippen LogP) is 0.899. The van der Waals surface area contributed by atoms with Crippen molar-refractivity contribution in [3.8, 4) is 0 Å². The Bertz CT molecular complexity index is 155. The number of hydrogen-bond donors (Lipinski definition) is 0. The van der Waals surface area contributed by atoms with Gasteiger partial charge in [0.1, 0.15) is 0 Å². The summed E-state index contributed by atoms with van der Waals surface area (Å²) in [5.41, 5.74) is 0. The highest BCUT2D eigenvalue weighted by Gasteiger charge is 2.30. The van der Waals surface area contributed by atoms with Gasteiger partial charge in [0, 0.05) is 6.42 Å². The van der Waals surface area contributed by atoms with Crippen LogP contribution in [0.4, 0.5) is 0 Å². The van der Waals surface area contributed by atoms with Gasteiger partial charge in [0.15, 0.2) is 12.6 Å². The maximum absolute atomic E-state index is 5.48. The molecule has 0 radical (unpaired) electrons. The normalized spacial score (nSPS) is 45.7. The maximum Gasteiger partial charge on any atom is 0.163 e. The van der Waals surface area contributed by atoms with Gasteiger partial charge in [-0.1, -0.05) is 0 Å². The van der Waals surface area contributed by atoms with Crippen LogP contribution in [0.15, 0.2) is 0 Å². The molecule has 0 bridgehead atoms. The maximum atomic E-state index is 5.48. The Hall–Kier alpha value is -0.160. The van der Waals surface area contributed by atoms with Gasteiger partial charge in [0.05, 0.1) is 25.4 Å². The molecule has 76 valence electrons. The molecule has 2 rings (SSSR count). The van der Waals surface area contributed by atoms with E-state index in [2.05, 4.69) is 0 Å². The summed E-state index contributed by atoms with van der Waals surface area (Å²) < 4.78 is 21.7. The molecule has 2 aliphatic rings. The summed E-state index contributed by atoms with van der Waals surface area (Å²) in [6, 6.07) is 0. The van der Waals surface area contributed by atoms with Crippen molar-refractivity contribution < 1.29 is 18.9 Å². The smallest absolute Gasteiger partial charge is 0.163 e. The summed E-state index contributed by atoms with van der Waals surface area (Å²) in [5, 5.41) is 0. The van der Waals surface area contributed by atoms with E-state index < -0.39 is 0 Å². The van der Waals surface area contributed by atoms with Crippen LogP contribution in [0.5, 0.6) is 0 Å². The minimum absolute atomic E-state index is 0.148. The summed E-state index contributed by atoms with van der Waals surface area (Å²) in [4.78, 5) is 0. The fraction of sp³-hybridized carbons (Fsp3) is 1.00. The molecule has 2 saturated heterocycles. The molecule has 0 N–H and O–H groups in total. The first-order valence-electron chi connectivity index (χ1n) is 4.78. The highest BCUT2D eigenvalue weighted by Crippen LogP contribution is 2.21. The second kappa shape index (κ2) is 3.92. The molecule has 4 unspecified atom stereocenters. The Morgan fingerprint density at radius 3 is 1.69 bits per heavy atom. The van der Waals surface area contributed by atoms with Gasteiger partial charge >= 0.3 is 0 Å². The van der Waals surface area contributed by atoms with Crippen molar-refractivity contribution in [2.24, 2.45) is 0 Å². The van der Waals surface area contributed by atoms with Crippen molar-refractivity contribution in [2.75, 3.05) is 13.2 Å². The largest absolute Gasteiger partial charge is 0.350 e. The van der Waals surface area contributed by atoms with Crippen LogP contribution in [-0.2, 0) is 18.9 Å². The van der Waals surface area contributed by atoms with Gasteiger partial charge in [-0.25, -0.2) is 0 Å². The second-order valence-electron chi connectivity index (χ2n) is 3.65. The van der Waals surface area contributed by atoms with Crippen LogP contribution in [-0.4, -0.2) is 38.0 Å². The Balaban J connectivity index is 1.72. The molecule has 2 aliphatic heterocycles. The number of hydrogen-bond acceptors (Lipinski definition) is 4. The molecule has 0 aromatic heterocycles. The predicted molar refractivity (Wildman–Crippen MR) is 45.2 cm³/mol. The van der Waals surface area contributed by atoms with Crippen molar-refractivity contribution >= 4 is 0 Å². The molecule has 13 heavy (non-hydrogen) atoms. The monoisotopic (exact) mass is 188 g/mol. The van der Waals surface area contributed by atoms with Crippen LogP contribution in [0.1, 0.15) is 20.3 Å². The van der Waals surface area contributed by atoms with E-state index in [-0.39, 0.29) is 24.8 Å². The molecule has 0 spiro atoms. The van der Waals surface area contributed by atoms with Crippen molar-refractivity contribution in [3.05, 3.63) is 0 Å². The Kier molecular flexibility index (Phi) is 2.83. The average molecular weight is 188 g/mol. The minimum atomic E-state index is -0.148. The van der Waals surface area contributed by atoms with Gasteiger partial charge in [0.25, 0.3) is 0 Å². The zero-order valence-corrected chi connectivity index (χ0v) is 8.06. The van der Waals surface area contributed by atoms with Crippen LogP contribution in [0, 0.1) is 0 Å². The first kappa shape index (κ1) is 9.40. The Morgan fingerprint density at radius 2 is 1.38 bits per heavy atom. The fourth-order valence-electron chi connectivity index (χ4n) is 1.57. The van der Waals surface area contributed by atoms with Gasteiger partial charge in [-0.15, -0.1) is 0 Å². The van der Waals surface area contributed by atoms with E-state index in [0.29, 0.717) is 19.6 Å². The molecule has 2 fully saturated rings. The molecule has 4 heteroatoms.